The molecule has 0 spiro atoms. The Bertz CT molecular complexity index is 615. The van der Waals surface area contributed by atoms with E-state index in [1.54, 1.807) is 18.2 Å². The van der Waals surface area contributed by atoms with Gasteiger partial charge in [0.25, 0.3) is 0 Å². The molecule has 0 saturated heterocycles. The number of aromatic amines is 1. The number of benzene rings is 1. The predicted molar refractivity (Wildman–Crippen MR) is 81.0 cm³/mol. The average molecular weight is 287 g/mol. The first kappa shape index (κ1) is 15.1. The maximum Gasteiger partial charge on any atom is 0.220 e. The number of aryl methyl sites for hydroxylation is 3. The molecule has 0 aliphatic rings. The molecule has 1 amide bonds. The Morgan fingerprint density at radius 2 is 2.19 bits per heavy atom. The molecular weight excluding hydrogens is 266 g/mol. The van der Waals surface area contributed by atoms with Crippen molar-refractivity contribution in [1.82, 2.24) is 15.5 Å². The molecule has 21 heavy (non-hydrogen) atoms. The third-order valence-electron chi connectivity index (χ3n) is 3.55. The standard InChI is InChI=1S/C16H21N3O2/c1-10(16-11(2)18-19-12(16)3)17-15(21)8-7-13-5-4-6-14(20)9-13/h4-6,9-10,20H,7-8H2,1-3H3,(H,17,21)(H,18,19)/t10-/m0/s1. The molecule has 1 atom stereocenters. The highest BCUT2D eigenvalue weighted by Gasteiger charge is 2.16. The Labute approximate surface area is 124 Å². The lowest BCUT2D eigenvalue weighted by Gasteiger charge is -2.14. The van der Waals surface area contributed by atoms with Crippen LogP contribution < -0.4 is 5.32 Å². The predicted octanol–water partition coefficient (Wildman–Crippen LogP) is 2.54. The lowest BCUT2D eigenvalue weighted by atomic mass is 10.1. The number of H-pyrrole nitrogens is 1. The monoisotopic (exact) mass is 287 g/mol. The number of hydrogen-bond donors (Lipinski definition) is 3. The fourth-order valence-electron chi connectivity index (χ4n) is 2.55. The highest BCUT2D eigenvalue weighted by atomic mass is 16.3. The first-order valence-electron chi connectivity index (χ1n) is 7.06. The van der Waals surface area contributed by atoms with Gasteiger partial charge in [-0.1, -0.05) is 12.1 Å². The van der Waals surface area contributed by atoms with Crippen LogP contribution in [0, 0.1) is 13.8 Å². The van der Waals surface area contributed by atoms with Crippen molar-refractivity contribution < 1.29 is 9.90 Å². The SMILES string of the molecule is Cc1n[nH]c(C)c1[C@H](C)NC(=O)CCc1cccc(O)c1. The summed E-state index contributed by atoms with van der Waals surface area (Å²) in [6.07, 6.45) is 1.00. The van der Waals surface area contributed by atoms with Gasteiger partial charge in [0.05, 0.1) is 11.7 Å². The van der Waals surface area contributed by atoms with E-state index >= 15 is 0 Å². The van der Waals surface area contributed by atoms with Gasteiger partial charge in [0, 0.05) is 17.7 Å². The van der Waals surface area contributed by atoms with Gasteiger partial charge in [-0.2, -0.15) is 5.10 Å². The Morgan fingerprint density at radius 1 is 1.43 bits per heavy atom. The molecule has 0 bridgehead atoms. The van der Waals surface area contributed by atoms with E-state index in [9.17, 15) is 9.90 Å². The molecule has 5 nitrogen and oxygen atoms in total. The minimum atomic E-state index is -0.0690. The molecule has 0 fully saturated rings. The number of carbonyl (C=O) groups is 1. The van der Waals surface area contributed by atoms with Crippen LogP contribution in [-0.2, 0) is 11.2 Å². The summed E-state index contributed by atoms with van der Waals surface area (Å²) < 4.78 is 0. The van der Waals surface area contributed by atoms with Crippen molar-refractivity contribution in [2.45, 2.75) is 39.7 Å². The number of aromatic nitrogens is 2. The zero-order valence-corrected chi connectivity index (χ0v) is 12.6. The third-order valence-corrected chi connectivity index (χ3v) is 3.55. The first-order valence-corrected chi connectivity index (χ1v) is 7.06. The van der Waals surface area contributed by atoms with E-state index in [1.165, 1.54) is 0 Å². The number of amides is 1. The fourth-order valence-corrected chi connectivity index (χ4v) is 2.55. The second kappa shape index (κ2) is 6.43. The largest absolute Gasteiger partial charge is 0.508 e. The molecule has 5 heteroatoms. The highest BCUT2D eigenvalue weighted by molar-refractivity contribution is 5.76. The van der Waals surface area contributed by atoms with Gasteiger partial charge in [0.2, 0.25) is 5.91 Å². The summed E-state index contributed by atoms with van der Waals surface area (Å²) >= 11 is 0. The van der Waals surface area contributed by atoms with Crippen LogP contribution in [0.15, 0.2) is 24.3 Å². The van der Waals surface area contributed by atoms with Crippen LogP contribution in [0.4, 0.5) is 0 Å². The summed E-state index contributed by atoms with van der Waals surface area (Å²) in [6.45, 7) is 5.83. The minimum Gasteiger partial charge on any atom is -0.508 e. The number of hydrogen-bond acceptors (Lipinski definition) is 3. The van der Waals surface area contributed by atoms with E-state index in [1.807, 2.05) is 26.8 Å². The molecular formula is C16H21N3O2. The number of carbonyl (C=O) groups excluding carboxylic acids is 1. The molecule has 0 aliphatic carbocycles. The highest BCUT2D eigenvalue weighted by Crippen LogP contribution is 2.19. The Balaban J connectivity index is 1.90. The third kappa shape index (κ3) is 3.84. The topological polar surface area (TPSA) is 78.0 Å². The van der Waals surface area contributed by atoms with Crippen LogP contribution in [0.3, 0.4) is 0 Å². The van der Waals surface area contributed by atoms with Gasteiger partial charge < -0.3 is 10.4 Å². The molecule has 1 aromatic carbocycles. The van der Waals surface area contributed by atoms with E-state index in [-0.39, 0.29) is 17.7 Å². The van der Waals surface area contributed by atoms with Gasteiger partial charge >= 0.3 is 0 Å². The molecule has 112 valence electrons. The van der Waals surface area contributed by atoms with Crippen molar-refractivity contribution in [2.75, 3.05) is 0 Å². The number of aromatic hydroxyl groups is 1. The fraction of sp³-hybridized carbons (Fsp3) is 0.375. The number of nitrogens with one attached hydrogen (secondary N) is 2. The van der Waals surface area contributed by atoms with Crippen LogP contribution in [-0.4, -0.2) is 21.2 Å². The van der Waals surface area contributed by atoms with Crippen molar-refractivity contribution in [2.24, 2.45) is 0 Å². The minimum absolute atomic E-state index is 0.00848. The smallest absolute Gasteiger partial charge is 0.220 e. The summed E-state index contributed by atoms with van der Waals surface area (Å²) in [6, 6.07) is 6.92. The average Bonchev–Trinajstić information content (AvgIpc) is 2.76. The first-order chi connectivity index (χ1) is 9.97. The lowest BCUT2D eigenvalue weighted by molar-refractivity contribution is -0.121. The van der Waals surface area contributed by atoms with E-state index in [0.717, 1.165) is 22.5 Å². The summed E-state index contributed by atoms with van der Waals surface area (Å²) in [7, 11) is 0. The summed E-state index contributed by atoms with van der Waals surface area (Å²) in [5.41, 5.74) is 3.88. The van der Waals surface area contributed by atoms with Crippen LogP contribution in [0.2, 0.25) is 0 Å². The Morgan fingerprint density at radius 3 is 2.81 bits per heavy atom. The molecule has 1 aromatic heterocycles. The van der Waals surface area contributed by atoms with E-state index in [2.05, 4.69) is 15.5 Å². The zero-order chi connectivity index (χ0) is 15.4. The molecule has 0 aliphatic heterocycles. The van der Waals surface area contributed by atoms with Crippen molar-refractivity contribution in [3.63, 3.8) is 0 Å². The van der Waals surface area contributed by atoms with E-state index in [0.29, 0.717) is 12.8 Å². The molecule has 0 radical (unpaired) electrons. The maximum absolute atomic E-state index is 12.0. The number of phenolic OH excluding ortho intramolecular Hbond substituents is 1. The van der Waals surface area contributed by atoms with Gasteiger partial charge in [-0.25, -0.2) is 0 Å². The summed E-state index contributed by atoms with van der Waals surface area (Å²) in [5, 5.41) is 19.5. The van der Waals surface area contributed by atoms with Crippen LogP contribution in [0.1, 0.15) is 41.9 Å². The quantitative estimate of drug-likeness (QED) is 0.790. The van der Waals surface area contributed by atoms with E-state index < -0.39 is 0 Å². The molecule has 2 rings (SSSR count). The van der Waals surface area contributed by atoms with E-state index in [4.69, 9.17) is 0 Å². The van der Waals surface area contributed by atoms with Crippen LogP contribution in [0.5, 0.6) is 5.75 Å². The maximum atomic E-state index is 12.0. The lowest BCUT2D eigenvalue weighted by Crippen LogP contribution is -2.27. The molecule has 1 heterocycles. The van der Waals surface area contributed by atoms with Crippen LogP contribution in [0.25, 0.3) is 0 Å². The summed E-state index contributed by atoms with van der Waals surface area (Å²) in [5.74, 6) is 0.219. The molecule has 2 aromatic rings. The van der Waals surface area contributed by atoms with Crippen molar-refractivity contribution in [3.8, 4) is 5.75 Å². The molecule has 0 saturated carbocycles. The van der Waals surface area contributed by atoms with Crippen LogP contribution >= 0.6 is 0 Å². The molecule has 0 unspecified atom stereocenters. The second-order valence-electron chi connectivity index (χ2n) is 5.31. The van der Waals surface area contributed by atoms with Crippen molar-refractivity contribution in [1.29, 1.82) is 0 Å². The summed E-state index contributed by atoms with van der Waals surface area (Å²) in [4.78, 5) is 12.0. The van der Waals surface area contributed by atoms with Gasteiger partial charge in [0.1, 0.15) is 5.75 Å². The normalized spacial score (nSPS) is 12.1. The van der Waals surface area contributed by atoms with Gasteiger partial charge in [-0.15, -0.1) is 0 Å². The van der Waals surface area contributed by atoms with Gasteiger partial charge in [-0.3, -0.25) is 9.89 Å². The van der Waals surface area contributed by atoms with Crippen molar-refractivity contribution in [3.05, 3.63) is 46.8 Å². The Kier molecular flexibility index (Phi) is 4.62. The van der Waals surface area contributed by atoms with Gasteiger partial charge in [-0.05, 0) is 44.9 Å². The Hall–Kier alpha value is -2.30. The van der Waals surface area contributed by atoms with Crippen molar-refractivity contribution >= 4 is 5.91 Å². The number of rotatable bonds is 5. The molecule has 3 N–H and O–H groups in total. The number of nitrogens with zero attached hydrogens (tertiary/aromatic N) is 1. The number of phenols is 1. The second-order valence-corrected chi connectivity index (χ2v) is 5.31. The van der Waals surface area contributed by atoms with Gasteiger partial charge in [0.15, 0.2) is 0 Å². The zero-order valence-electron chi connectivity index (χ0n) is 12.6.